The molecule has 0 aliphatic carbocycles. The van der Waals surface area contributed by atoms with Gasteiger partial charge in [0.25, 0.3) is 5.91 Å². The molecule has 7 nitrogen and oxygen atoms in total. The Morgan fingerprint density at radius 2 is 1.55 bits per heavy atom. The Morgan fingerprint density at radius 3 is 2.30 bits per heavy atom. The van der Waals surface area contributed by atoms with E-state index in [9.17, 15) is 9.59 Å². The van der Waals surface area contributed by atoms with Crippen molar-refractivity contribution in [3.8, 4) is 22.8 Å². The third kappa shape index (κ3) is 4.93. The number of methoxy groups -OCH3 is 2. The van der Waals surface area contributed by atoms with Gasteiger partial charge in [-0.1, -0.05) is 54.6 Å². The number of nitrogens with zero attached hydrogens (tertiary/aromatic N) is 1. The van der Waals surface area contributed by atoms with Gasteiger partial charge in [-0.25, -0.2) is 4.98 Å². The minimum atomic E-state index is -0.425. The Balaban J connectivity index is 1.51. The van der Waals surface area contributed by atoms with Crippen LogP contribution in [0.25, 0.3) is 22.2 Å². The highest BCUT2D eigenvalue weighted by Gasteiger charge is 2.15. The van der Waals surface area contributed by atoms with Crippen LogP contribution in [0.1, 0.15) is 15.9 Å². The third-order valence-electron chi connectivity index (χ3n) is 5.16. The summed E-state index contributed by atoms with van der Waals surface area (Å²) >= 11 is 0. The van der Waals surface area contributed by atoms with Crippen LogP contribution in [-0.2, 0) is 11.2 Å². The quantitative estimate of drug-likeness (QED) is 0.443. The normalized spacial score (nSPS) is 10.5. The van der Waals surface area contributed by atoms with E-state index >= 15 is 0 Å². The topological polar surface area (TPSA) is 89.6 Å². The molecular formula is C26H23N3O4. The Labute approximate surface area is 191 Å². The van der Waals surface area contributed by atoms with Crippen molar-refractivity contribution in [2.75, 3.05) is 14.2 Å². The van der Waals surface area contributed by atoms with Gasteiger partial charge < -0.3 is 9.47 Å². The molecule has 0 aliphatic heterocycles. The minimum Gasteiger partial charge on any atom is -0.493 e. The maximum atomic E-state index is 13.0. The molecule has 2 amide bonds. The summed E-state index contributed by atoms with van der Waals surface area (Å²) in [6.45, 7) is 0. The van der Waals surface area contributed by atoms with Crippen molar-refractivity contribution in [3.05, 3.63) is 90.0 Å². The monoisotopic (exact) mass is 441 g/mol. The predicted molar refractivity (Wildman–Crippen MR) is 126 cm³/mol. The van der Waals surface area contributed by atoms with Gasteiger partial charge in [0, 0.05) is 10.9 Å². The number of rotatable bonds is 6. The molecule has 1 aromatic heterocycles. The summed E-state index contributed by atoms with van der Waals surface area (Å²) < 4.78 is 10.5. The highest BCUT2D eigenvalue weighted by molar-refractivity contribution is 6.07. The summed E-state index contributed by atoms with van der Waals surface area (Å²) in [5, 5.41) is 0.698. The molecule has 0 saturated heterocycles. The molecule has 3 aromatic carbocycles. The molecule has 166 valence electrons. The number of benzene rings is 3. The molecule has 0 radical (unpaired) electrons. The Bertz CT molecular complexity index is 1310. The van der Waals surface area contributed by atoms with E-state index < -0.39 is 5.91 Å². The molecule has 0 aliphatic rings. The average molecular weight is 441 g/mol. The highest BCUT2D eigenvalue weighted by Crippen LogP contribution is 2.28. The van der Waals surface area contributed by atoms with Crippen molar-refractivity contribution in [1.29, 1.82) is 0 Å². The van der Waals surface area contributed by atoms with E-state index in [0.717, 1.165) is 11.1 Å². The largest absolute Gasteiger partial charge is 0.493 e. The van der Waals surface area contributed by atoms with Crippen LogP contribution in [0.3, 0.4) is 0 Å². The molecule has 0 bridgehead atoms. The fraction of sp³-hybridized carbons (Fsp3) is 0.115. The van der Waals surface area contributed by atoms with Gasteiger partial charge in [0.15, 0.2) is 11.5 Å². The summed E-state index contributed by atoms with van der Waals surface area (Å²) in [5.41, 5.74) is 8.42. The smallest absolute Gasteiger partial charge is 0.270 e. The maximum Gasteiger partial charge on any atom is 0.270 e. The summed E-state index contributed by atoms with van der Waals surface area (Å²) in [4.78, 5) is 30.1. The number of carbonyl (C=O) groups is 2. The van der Waals surface area contributed by atoms with Gasteiger partial charge >= 0.3 is 0 Å². The van der Waals surface area contributed by atoms with E-state index in [-0.39, 0.29) is 12.3 Å². The molecular weight excluding hydrogens is 418 g/mol. The van der Waals surface area contributed by atoms with Crippen LogP contribution in [0.2, 0.25) is 0 Å². The molecule has 0 atom stereocenters. The molecule has 0 fully saturated rings. The first kappa shape index (κ1) is 21.8. The first-order valence-electron chi connectivity index (χ1n) is 10.3. The number of hydrogen-bond acceptors (Lipinski definition) is 5. The zero-order chi connectivity index (χ0) is 23.2. The van der Waals surface area contributed by atoms with Crippen LogP contribution in [0.15, 0.2) is 78.9 Å². The van der Waals surface area contributed by atoms with Gasteiger partial charge in [-0.05, 0) is 29.8 Å². The molecule has 4 aromatic rings. The second-order valence-corrected chi connectivity index (χ2v) is 7.31. The van der Waals surface area contributed by atoms with Crippen LogP contribution in [0.5, 0.6) is 11.5 Å². The Kier molecular flexibility index (Phi) is 6.50. The Hall–Kier alpha value is -4.39. The molecule has 1 heterocycles. The van der Waals surface area contributed by atoms with Gasteiger partial charge in [0.2, 0.25) is 5.91 Å². The number of para-hydroxylation sites is 1. The molecule has 2 N–H and O–H groups in total. The zero-order valence-corrected chi connectivity index (χ0v) is 18.3. The lowest BCUT2D eigenvalue weighted by Crippen LogP contribution is -2.42. The first-order chi connectivity index (χ1) is 16.1. The number of ether oxygens (including phenoxy) is 2. The second kappa shape index (κ2) is 9.82. The number of carbonyl (C=O) groups excluding carboxylic acids is 2. The van der Waals surface area contributed by atoms with Gasteiger partial charge in [-0.3, -0.25) is 20.4 Å². The minimum absolute atomic E-state index is 0.0625. The third-order valence-corrected chi connectivity index (χ3v) is 5.16. The Morgan fingerprint density at radius 1 is 0.818 bits per heavy atom. The van der Waals surface area contributed by atoms with E-state index in [4.69, 9.17) is 9.47 Å². The second-order valence-electron chi connectivity index (χ2n) is 7.31. The molecule has 7 heteroatoms. The van der Waals surface area contributed by atoms with Gasteiger partial charge in [-0.15, -0.1) is 0 Å². The van der Waals surface area contributed by atoms with Crippen LogP contribution in [-0.4, -0.2) is 31.0 Å². The van der Waals surface area contributed by atoms with E-state index in [1.807, 2.05) is 54.6 Å². The molecule has 4 rings (SSSR count). The van der Waals surface area contributed by atoms with Crippen LogP contribution in [0, 0.1) is 0 Å². The van der Waals surface area contributed by atoms with Crippen LogP contribution >= 0.6 is 0 Å². The van der Waals surface area contributed by atoms with Gasteiger partial charge in [0.1, 0.15) is 0 Å². The number of hydrogen-bond donors (Lipinski definition) is 2. The summed E-state index contributed by atoms with van der Waals surface area (Å²) in [7, 11) is 3.08. The van der Waals surface area contributed by atoms with E-state index in [0.29, 0.717) is 33.7 Å². The number of nitrogens with one attached hydrogen (secondary N) is 2. The van der Waals surface area contributed by atoms with Crippen molar-refractivity contribution in [3.63, 3.8) is 0 Å². The lowest BCUT2D eigenvalue weighted by Gasteiger charge is -2.12. The summed E-state index contributed by atoms with van der Waals surface area (Å²) in [5.74, 6) is 0.320. The zero-order valence-electron chi connectivity index (χ0n) is 18.3. The lowest BCUT2D eigenvalue weighted by molar-refractivity contribution is -0.121. The SMILES string of the molecule is COc1ccc(CC(=O)NNC(=O)c2cc(-c3ccccc3)nc3ccccc23)cc1OC. The lowest BCUT2D eigenvalue weighted by atomic mass is 10.0. The van der Waals surface area contributed by atoms with Crippen molar-refractivity contribution in [2.45, 2.75) is 6.42 Å². The standard InChI is InChI=1S/C26H23N3O4/c1-32-23-13-12-17(14-24(23)33-2)15-25(30)28-29-26(31)20-16-22(18-8-4-3-5-9-18)27-21-11-7-6-10-19(20)21/h3-14,16H,15H2,1-2H3,(H,28,30)(H,29,31). The molecule has 0 unspecified atom stereocenters. The van der Waals surface area contributed by atoms with Crippen LogP contribution in [0.4, 0.5) is 0 Å². The maximum absolute atomic E-state index is 13.0. The number of hydrazine groups is 1. The molecule has 0 spiro atoms. The average Bonchev–Trinajstić information content (AvgIpc) is 2.87. The summed E-state index contributed by atoms with van der Waals surface area (Å²) in [6.07, 6.45) is 0.0625. The van der Waals surface area contributed by atoms with Crippen molar-refractivity contribution in [2.24, 2.45) is 0 Å². The molecule has 0 saturated carbocycles. The summed E-state index contributed by atoms with van der Waals surface area (Å²) in [6, 6.07) is 24.0. The first-order valence-corrected chi connectivity index (χ1v) is 10.3. The van der Waals surface area contributed by atoms with E-state index in [2.05, 4.69) is 15.8 Å². The van der Waals surface area contributed by atoms with Crippen molar-refractivity contribution >= 4 is 22.7 Å². The van der Waals surface area contributed by atoms with Gasteiger partial charge in [0.05, 0.1) is 37.4 Å². The van der Waals surface area contributed by atoms with Crippen molar-refractivity contribution < 1.29 is 19.1 Å². The van der Waals surface area contributed by atoms with Gasteiger partial charge in [-0.2, -0.15) is 0 Å². The van der Waals surface area contributed by atoms with E-state index in [1.54, 1.807) is 31.4 Å². The van der Waals surface area contributed by atoms with E-state index in [1.165, 1.54) is 7.11 Å². The number of aromatic nitrogens is 1. The highest BCUT2D eigenvalue weighted by atomic mass is 16.5. The van der Waals surface area contributed by atoms with Crippen LogP contribution < -0.4 is 20.3 Å². The van der Waals surface area contributed by atoms with Crippen molar-refractivity contribution in [1.82, 2.24) is 15.8 Å². The fourth-order valence-electron chi connectivity index (χ4n) is 3.53. The number of pyridine rings is 1. The number of fused-ring (bicyclic) bond motifs is 1. The fourth-order valence-corrected chi connectivity index (χ4v) is 3.53. The number of amides is 2. The molecule has 33 heavy (non-hydrogen) atoms. The predicted octanol–water partition coefficient (Wildman–Crippen LogP) is 3.92.